The Morgan fingerprint density at radius 3 is 0.912 bits per heavy atom. The molecule has 0 aromatic rings. The molecule has 11 heteroatoms. The maximum atomic E-state index is 8.54. The lowest BCUT2D eigenvalue weighted by molar-refractivity contribution is -0.143. The van der Waals surface area contributed by atoms with E-state index in [4.69, 9.17) is 52.5 Å². The summed E-state index contributed by atoms with van der Waals surface area (Å²) in [7, 11) is 3.14. The molecule has 0 atom stereocenters. The van der Waals surface area contributed by atoms with Crippen LogP contribution in [-0.4, -0.2) is 138 Å². The number of ether oxygens (including phenoxy) is 10. The van der Waals surface area contributed by atoms with E-state index in [0.29, 0.717) is 106 Å². The monoisotopic (exact) mass is 504 g/mol. The molecule has 0 bridgehead atoms. The summed E-state index contributed by atoms with van der Waals surface area (Å²) in [5.41, 5.74) is 0. The Balaban J connectivity index is -0.00000311. The second-order valence-corrected chi connectivity index (χ2v) is 5.99. The minimum atomic E-state index is -0.345. The van der Waals surface area contributed by atoms with Gasteiger partial charge in [-0.15, -0.1) is 0 Å². The SMILES string of the molecule is C.CC.COC(COCCOCCOCCOCCOCCOCCOCCOCCO)OC. The number of aliphatic hydroxyl groups is 1. The summed E-state index contributed by atoms with van der Waals surface area (Å²) in [6.07, 6.45) is -0.345. The van der Waals surface area contributed by atoms with Gasteiger partial charge < -0.3 is 52.5 Å². The quantitative estimate of drug-likeness (QED) is 0.129. The van der Waals surface area contributed by atoms with Crippen molar-refractivity contribution in [3.05, 3.63) is 0 Å². The van der Waals surface area contributed by atoms with E-state index in [1.54, 1.807) is 14.2 Å². The Bertz CT molecular complexity index is 321. The average molecular weight is 505 g/mol. The van der Waals surface area contributed by atoms with Gasteiger partial charge in [0.15, 0.2) is 6.29 Å². The van der Waals surface area contributed by atoms with Gasteiger partial charge in [0.25, 0.3) is 0 Å². The van der Waals surface area contributed by atoms with Crippen molar-refractivity contribution in [2.24, 2.45) is 0 Å². The van der Waals surface area contributed by atoms with Gasteiger partial charge in [0.1, 0.15) is 0 Å². The molecule has 34 heavy (non-hydrogen) atoms. The fraction of sp³-hybridized carbons (Fsp3) is 1.00. The topological polar surface area (TPSA) is 113 Å². The Hall–Kier alpha value is -0.440. The van der Waals surface area contributed by atoms with Crippen LogP contribution in [0.3, 0.4) is 0 Å². The molecule has 0 aliphatic carbocycles. The molecule has 0 heterocycles. The fourth-order valence-corrected chi connectivity index (χ4v) is 2.02. The first-order valence-corrected chi connectivity index (χ1v) is 11.6. The lowest BCUT2D eigenvalue weighted by Gasteiger charge is -2.13. The molecule has 0 aromatic heterocycles. The lowest BCUT2D eigenvalue weighted by Crippen LogP contribution is -2.21. The molecule has 0 aromatic carbocycles. The van der Waals surface area contributed by atoms with Gasteiger partial charge in [-0.05, 0) is 0 Å². The van der Waals surface area contributed by atoms with Gasteiger partial charge in [-0.25, -0.2) is 0 Å². The summed E-state index contributed by atoms with van der Waals surface area (Å²) in [5, 5.41) is 8.54. The summed E-state index contributed by atoms with van der Waals surface area (Å²) in [6, 6.07) is 0. The largest absolute Gasteiger partial charge is 0.394 e. The van der Waals surface area contributed by atoms with E-state index in [9.17, 15) is 0 Å². The van der Waals surface area contributed by atoms with Gasteiger partial charge in [0.2, 0.25) is 0 Å². The highest BCUT2D eigenvalue weighted by molar-refractivity contribution is 4.40. The third-order valence-corrected chi connectivity index (χ3v) is 3.62. The zero-order chi connectivity index (χ0) is 24.7. The second-order valence-electron chi connectivity index (χ2n) is 5.99. The second kappa shape index (κ2) is 37.1. The first-order chi connectivity index (χ1) is 16.3. The number of rotatable bonds is 27. The van der Waals surface area contributed by atoms with E-state index in [-0.39, 0.29) is 20.3 Å². The van der Waals surface area contributed by atoms with Crippen molar-refractivity contribution in [3.63, 3.8) is 0 Å². The number of aliphatic hydroxyl groups excluding tert-OH is 1. The highest BCUT2D eigenvalue weighted by Crippen LogP contribution is 1.92. The highest BCUT2D eigenvalue weighted by Gasteiger charge is 2.03. The molecule has 1 N–H and O–H groups in total. The molecule has 0 spiro atoms. The van der Waals surface area contributed by atoms with E-state index >= 15 is 0 Å². The summed E-state index contributed by atoms with van der Waals surface area (Å²) >= 11 is 0. The van der Waals surface area contributed by atoms with Crippen molar-refractivity contribution in [2.75, 3.05) is 127 Å². The molecule has 210 valence electrons. The number of hydrogen-bond acceptors (Lipinski definition) is 11. The fourth-order valence-electron chi connectivity index (χ4n) is 2.02. The number of hydrogen-bond donors (Lipinski definition) is 1. The summed E-state index contributed by atoms with van der Waals surface area (Å²) in [4.78, 5) is 0. The molecule has 11 nitrogen and oxygen atoms in total. The maximum Gasteiger partial charge on any atom is 0.180 e. The predicted octanol–water partition coefficient (Wildman–Crippen LogP) is 1.39. The van der Waals surface area contributed by atoms with Gasteiger partial charge in [-0.3, -0.25) is 0 Å². The molecular weight excluding hydrogens is 452 g/mol. The molecule has 0 rings (SSSR count). The van der Waals surface area contributed by atoms with Crippen LogP contribution in [0.5, 0.6) is 0 Å². The van der Waals surface area contributed by atoms with Crippen LogP contribution in [0.1, 0.15) is 21.3 Å². The Morgan fingerprint density at radius 1 is 0.441 bits per heavy atom. The molecule has 0 aliphatic rings. The summed E-state index contributed by atoms with van der Waals surface area (Å²) < 4.78 is 52.7. The van der Waals surface area contributed by atoms with Gasteiger partial charge in [0.05, 0.1) is 112 Å². The average Bonchev–Trinajstić information content (AvgIpc) is 2.85. The van der Waals surface area contributed by atoms with Crippen LogP contribution in [0.4, 0.5) is 0 Å². The van der Waals surface area contributed by atoms with Crippen LogP contribution in [-0.2, 0) is 47.4 Å². The highest BCUT2D eigenvalue weighted by atomic mass is 16.7. The zero-order valence-corrected chi connectivity index (χ0v) is 21.1. The minimum absolute atomic E-state index is 0. The van der Waals surface area contributed by atoms with Gasteiger partial charge >= 0.3 is 0 Å². The maximum absolute atomic E-state index is 8.54. The Kier molecular flexibility index (Phi) is 41.6. The van der Waals surface area contributed by atoms with Crippen molar-refractivity contribution in [1.82, 2.24) is 0 Å². The van der Waals surface area contributed by atoms with Crippen molar-refractivity contribution >= 4 is 0 Å². The molecular formula is C23H52O11. The third-order valence-electron chi connectivity index (χ3n) is 3.62. The molecule has 0 unspecified atom stereocenters. The molecule has 0 fully saturated rings. The predicted molar refractivity (Wildman–Crippen MR) is 130 cm³/mol. The van der Waals surface area contributed by atoms with Gasteiger partial charge in [0, 0.05) is 14.2 Å². The van der Waals surface area contributed by atoms with E-state index in [1.165, 1.54) is 0 Å². The first kappa shape index (κ1) is 38.1. The van der Waals surface area contributed by atoms with Crippen LogP contribution in [0, 0.1) is 0 Å². The standard InChI is InChI=1S/C20H42O11.C2H6.CH4/c1-22-20(23-2)19-31-18-17-30-16-15-29-14-13-28-12-11-27-10-9-26-8-7-25-6-5-24-4-3-21;1-2;/h20-21H,3-19H2,1-2H3;1-2H3;1H4. The Morgan fingerprint density at radius 2 is 0.676 bits per heavy atom. The molecule has 0 radical (unpaired) electrons. The van der Waals surface area contributed by atoms with Gasteiger partial charge in [-0.2, -0.15) is 0 Å². The molecule has 0 saturated carbocycles. The zero-order valence-electron chi connectivity index (χ0n) is 21.1. The van der Waals surface area contributed by atoms with E-state index < -0.39 is 0 Å². The van der Waals surface area contributed by atoms with E-state index in [2.05, 4.69) is 0 Å². The summed E-state index contributed by atoms with van der Waals surface area (Å²) in [6.45, 7) is 11.8. The lowest BCUT2D eigenvalue weighted by atomic mass is 10.6. The normalized spacial score (nSPS) is 10.8. The smallest absolute Gasteiger partial charge is 0.180 e. The summed E-state index contributed by atoms with van der Waals surface area (Å²) in [5.74, 6) is 0. The van der Waals surface area contributed by atoms with Crippen LogP contribution in [0.15, 0.2) is 0 Å². The molecule has 0 saturated heterocycles. The van der Waals surface area contributed by atoms with Crippen LogP contribution in [0.25, 0.3) is 0 Å². The molecule has 0 amide bonds. The van der Waals surface area contributed by atoms with Gasteiger partial charge in [-0.1, -0.05) is 21.3 Å². The van der Waals surface area contributed by atoms with Crippen molar-refractivity contribution in [2.45, 2.75) is 27.6 Å². The van der Waals surface area contributed by atoms with Crippen LogP contribution < -0.4 is 0 Å². The van der Waals surface area contributed by atoms with E-state index in [0.717, 1.165) is 0 Å². The Labute approximate surface area is 207 Å². The van der Waals surface area contributed by atoms with Crippen molar-refractivity contribution < 1.29 is 52.5 Å². The number of methoxy groups -OCH3 is 2. The van der Waals surface area contributed by atoms with Crippen molar-refractivity contribution in [3.8, 4) is 0 Å². The van der Waals surface area contributed by atoms with Crippen LogP contribution >= 0.6 is 0 Å². The minimum Gasteiger partial charge on any atom is -0.394 e. The molecule has 0 aliphatic heterocycles. The third kappa shape index (κ3) is 33.7. The van der Waals surface area contributed by atoms with E-state index in [1.807, 2.05) is 13.8 Å². The van der Waals surface area contributed by atoms with Crippen LogP contribution in [0.2, 0.25) is 0 Å². The van der Waals surface area contributed by atoms with Crippen molar-refractivity contribution in [1.29, 1.82) is 0 Å². The first-order valence-electron chi connectivity index (χ1n) is 11.6.